The molecule has 1 rings (SSSR count). The monoisotopic (exact) mass is 254 g/mol. The van der Waals surface area contributed by atoms with Gasteiger partial charge in [-0.25, -0.2) is 4.98 Å². The molecule has 1 heterocycles. The molecular weight excluding hydrogens is 236 g/mol. The third-order valence-corrected chi connectivity index (χ3v) is 2.82. The summed E-state index contributed by atoms with van der Waals surface area (Å²) in [6.45, 7) is 7.36. The van der Waals surface area contributed by atoms with Gasteiger partial charge in [-0.1, -0.05) is 11.8 Å². The fourth-order valence-corrected chi connectivity index (χ4v) is 1.84. The second-order valence-electron chi connectivity index (χ2n) is 4.72. The van der Waals surface area contributed by atoms with E-state index in [0.29, 0.717) is 5.69 Å². The molecule has 0 aliphatic carbocycles. The van der Waals surface area contributed by atoms with Crippen molar-refractivity contribution in [1.29, 1.82) is 0 Å². The van der Waals surface area contributed by atoms with Gasteiger partial charge in [0.15, 0.2) is 0 Å². The number of thioether (sulfide) groups is 1. The SMILES string of the molecule is CC(Sc1ccc(N)cn1)C(=O)OC(C)(C)C. The average Bonchev–Trinajstić information content (AvgIpc) is 2.19. The third kappa shape index (κ3) is 5.08. The Morgan fingerprint density at radius 2 is 2.12 bits per heavy atom. The molecule has 0 aliphatic heterocycles. The molecule has 17 heavy (non-hydrogen) atoms. The summed E-state index contributed by atoms with van der Waals surface area (Å²) in [5, 5.41) is 0.475. The summed E-state index contributed by atoms with van der Waals surface area (Å²) in [5.74, 6) is -0.235. The highest BCUT2D eigenvalue weighted by atomic mass is 32.2. The van der Waals surface area contributed by atoms with E-state index in [0.717, 1.165) is 5.03 Å². The molecule has 5 heteroatoms. The topological polar surface area (TPSA) is 65.2 Å². The van der Waals surface area contributed by atoms with Crippen molar-refractivity contribution in [3.8, 4) is 0 Å². The van der Waals surface area contributed by atoms with Crippen molar-refractivity contribution in [2.45, 2.75) is 43.6 Å². The number of carbonyl (C=O) groups excluding carboxylic acids is 1. The molecular formula is C12H18N2O2S. The van der Waals surface area contributed by atoms with Crippen molar-refractivity contribution in [3.63, 3.8) is 0 Å². The summed E-state index contributed by atoms with van der Waals surface area (Å²) in [4.78, 5) is 15.9. The molecule has 0 fully saturated rings. The molecule has 0 aromatic carbocycles. The maximum atomic E-state index is 11.7. The first-order valence-electron chi connectivity index (χ1n) is 5.39. The Hall–Kier alpha value is -1.23. The summed E-state index contributed by atoms with van der Waals surface area (Å²) < 4.78 is 5.28. The van der Waals surface area contributed by atoms with Gasteiger partial charge < -0.3 is 10.5 Å². The maximum absolute atomic E-state index is 11.7. The Morgan fingerprint density at radius 1 is 1.47 bits per heavy atom. The Morgan fingerprint density at radius 3 is 2.59 bits per heavy atom. The second kappa shape index (κ2) is 5.40. The van der Waals surface area contributed by atoms with Gasteiger partial charge in [0.1, 0.15) is 10.9 Å². The number of nitrogens with zero attached hydrogens (tertiary/aromatic N) is 1. The van der Waals surface area contributed by atoms with Gasteiger partial charge in [-0.2, -0.15) is 0 Å². The van der Waals surface area contributed by atoms with Crippen LogP contribution in [-0.2, 0) is 9.53 Å². The highest BCUT2D eigenvalue weighted by Gasteiger charge is 2.22. The minimum absolute atomic E-state index is 0.235. The summed E-state index contributed by atoms with van der Waals surface area (Å²) in [6, 6.07) is 3.55. The van der Waals surface area contributed by atoms with Crippen molar-refractivity contribution in [2.24, 2.45) is 0 Å². The minimum Gasteiger partial charge on any atom is -0.459 e. The van der Waals surface area contributed by atoms with E-state index in [1.807, 2.05) is 20.8 Å². The van der Waals surface area contributed by atoms with Crippen LogP contribution in [0.2, 0.25) is 0 Å². The molecule has 1 atom stereocenters. The van der Waals surface area contributed by atoms with E-state index >= 15 is 0 Å². The van der Waals surface area contributed by atoms with Crippen LogP contribution in [0, 0.1) is 0 Å². The first kappa shape index (κ1) is 13.8. The maximum Gasteiger partial charge on any atom is 0.319 e. The van der Waals surface area contributed by atoms with Gasteiger partial charge in [-0.3, -0.25) is 4.79 Å². The first-order chi connectivity index (χ1) is 7.78. The number of aromatic nitrogens is 1. The molecule has 1 aromatic heterocycles. The molecule has 0 bridgehead atoms. The smallest absolute Gasteiger partial charge is 0.319 e. The van der Waals surface area contributed by atoms with Crippen molar-refractivity contribution >= 4 is 23.4 Å². The number of rotatable bonds is 3. The molecule has 4 nitrogen and oxygen atoms in total. The van der Waals surface area contributed by atoms with E-state index in [2.05, 4.69) is 4.98 Å². The molecule has 0 radical (unpaired) electrons. The molecule has 1 unspecified atom stereocenters. The van der Waals surface area contributed by atoms with Crippen LogP contribution >= 0.6 is 11.8 Å². The fourth-order valence-electron chi connectivity index (χ4n) is 1.08. The number of carbonyl (C=O) groups is 1. The van der Waals surface area contributed by atoms with Gasteiger partial charge in [0.2, 0.25) is 0 Å². The highest BCUT2D eigenvalue weighted by molar-refractivity contribution is 8.00. The van der Waals surface area contributed by atoms with Crippen LogP contribution in [0.15, 0.2) is 23.4 Å². The number of hydrogen-bond donors (Lipinski definition) is 1. The molecule has 0 saturated heterocycles. The van der Waals surface area contributed by atoms with Gasteiger partial charge in [-0.05, 0) is 39.8 Å². The van der Waals surface area contributed by atoms with Gasteiger partial charge in [-0.15, -0.1) is 0 Å². The van der Waals surface area contributed by atoms with Gasteiger partial charge in [0.05, 0.1) is 16.9 Å². The zero-order valence-corrected chi connectivity index (χ0v) is 11.4. The first-order valence-corrected chi connectivity index (χ1v) is 6.27. The summed E-state index contributed by atoms with van der Waals surface area (Å²) in [7, 11) is 0. The fraction of sp³-hybridized carbons (Fsp3) is 0.500. The number of anilines is 1. The lowest BCUT2D eigenvalue weighted by Crippen LogP contribution is -2.28. The number of ether oxygens (including phenoxy) is 1. The zero-order valence-electron chi connectivity index (χ0n) is 10.6. The quantitative estimate of drug-likeness (QED) is 0.663. The Balaban J connectivity index is 2.57. The Bertz CT molecular complexity index is 384. The zero-order chi connectivity index (χ0) is 13.1. The number of nitrogen functional groups attached to an aromatic ring is 1. The largest absolute Gasteiger partial charge is 0.459 e. The standard InChI is InChI=1S/C12H18N2O2S/c1-8(11(15)16-12(2,3)4)17-10-6-5-9(13)7-14-10/h5-8H,13H2,1-4H3. The molecule has 94 valence electrons. The van der Waals surface area contributed by atoms with Crippen LogP contribution in [0.25, 0.3) is 0 Å². The summed E-state index contributed by atoms with van der Waals surface area (Å²) in [6.07, 6.45) is 1.57. The summed E-state index contributed by atoms with van der Waals surface area (Å²) >= 11 is 1.36. The van der Waals surface area contributed by atoms with Crippen molar-refractivity contribution < 1.29 is 9.53 Å². The van der Waals surface area contributed by atoms with Gasteiger partial charge >= 0.3 is 5.97 Å². The van der Waals surface area contributed by atoms with Gasteiger partial charge in [0.25, 0.3) is 0 Å². The van der Waals surface area contributed by atoms with Crippen LogP contribution in [0.1, 0.15) is 27.7 Å². The third-order valence-electron chi connectivity index (χ3n) is 1.80. The lowest BCUT2D eigenvalue weighted by Gasteiger charge is -2.21. The van der Waals surface area contributed by atoms with E-state index in [9.17, 15) is 4.79 Å². The normalized spacial score (nSPS) is 13.2. The lowest BCUT2D eigenvalue weighted by atomic mass is 10.2. The molecule has 0 amide bonds. The van der Waals surface area contributed by atoms with E-state index in [4.69, 9.17) is 10.5 Å². The van der Waals surface area contributed by atoms with E-state index in [-0.39, 0.29) is 11.2 Å². The average molecular weight is 254 g/mol. The van der Waals surface area contributed by atoms with Gasteiger partial charge in [0, 0.05) is 0 Å². The van der Waals surface area contributed by atoms with Crippen LogP contribution in [0.3, 0.4) is 0 Å². The van der Waals surface area contributed by atoms with Crippen LogP contribution in [0.5, 0.6) is 0 Å². The number of esters is 1. The van der Waals surface area contributed by atoms with Crippen molar-refractivity contribution in [1.82, 2.24) is 4.98 Å². The Labute approximate surface area is 106 Å². The van der Waals surface area contributed by atoms with Crippen molar-refractivity contribution in [2.75, 3.05) is 5.73 Å². The number of nitrogens with two attached hydrogens (primary N) is 1. The van der Waals surface area contributed by atoms with E-state index < -0.39 is 5.60 Å². The van der Waals surface area contributed by atoms with Crippen molar-refractivity contribution in [3.05, 3.63) is 18.3 Å². The number of pyridine rings is 1. The molecule has 0 saturated carbocycles. The van der Waals surface area contributed by atoms with Crippen LogP contribution in [-0.4, -0.2) is 21.8 Å². The highest BCUT2D eigenvalue weighted by Crippen LogP contribution is 2.23. The van der Waals surface area contributed by atoms with Crippen LogP contribution < -0.4 is 5.73 Å². The number of hydrogen-bond acceptors (Lipinski definition) is 5. The van der Waals surface area contributed by atoms with E-state index in [1.165, 1.54) is 11.8 Å². The van der Waals surface area contributed by atoms with Crippen LogP contribution in [0.4, 0.5) is 5.69 Å². The summed E-state index contributed by atoms with van der Waals surface area (Å²) in [5.41, 5.74) is 5.69. The molecule has 0 spiro atoms. The molecule has 1 aromatic rings. The second-order valence-corrected chi connectivity index (χ2v) is 6.08. The predicted octanol–water partition coefficient (Wildman–Crippen LogP) is 2.49. The Kier molecular flexibility index (Phi) is 4.40. The lowest BCUT2D eigenvalue weighted by molar-refractivity contribution is -0.153. The molecule has 2 N–H and O–H groups in total. The minimum atomic E-state index is -0.458. The predicted molar refractivity (Wildman–Crippen MR) is 69.8 cm³/mol. The molecule has 0 aliphatic rings. The van der Waals surface area contributed by atoms with E-state index in [1.54, 1.807) is 25.3 Å².